The van der Waals surface area contributed by atoms with Crippen molar-refractivity contribution in [1.29, 1.82) is 0 Å². The zero-order valence-electron chi connectivity index (χ0n) is 11.7. The number of nitrogens with one attached hydrogen (secondary N) is 2. The van der Waals surface area contributed by atoms with E-state index in [9.17, 15) is 4.79 Å². The van der Waals surface area contributed by atoms with Crippen molar-refractivity contribution in [3.63, 3.8) is 0 Å². The van der Waals surface area contributed by atoms with Gasteiger partial charge in [-0.2, -0.15) is 0 Å². The third kappa shape index (κ3) is 3.26. The highest BCUT2D eigenvalue weighted by atomic mass is 16.5. The molecule has 1 heterocycles. The summed E-state index contributed by atoms with van der Waals surface area (Å²) in [5.74, 6) is 0.645. The van der Waals surface area contributed by atoms with Gasteiger partial charge < -0.3 is 15.4 Å². The summed E-state index contributed by atoms with van der Waals surface area (Å²) in [5, 5.41) is 6.31. The van der Waals surface area contributed by atoms with Crippen LogP contribution >= 0.6 is 0 Å². The summed E-state index contributed by atoms with van der Waals surface area (Å²) < 4.78 is 5.57. The van der Waals surface area contributed by atoms with Crippen LogP contribution in [0, 0.1) is 0 Å². The van der Waals surface area contributed by atoms with E-state index in [2.05, 4.69) is 30.5 Å². The Labute approximate surface area is 114 Å². The molecule has 4 nitrogen and oxygen atoms in total. The molecule has 0 aliphatic carbocycles. The highest BCUT2D eigenvalue weighted by Crippen LogP contribution is 2.26. The van der Waals surface area contributed by atoms with E-state index in [1.165, 1.54) is 0 Å². The van der Waals surface area contributed by atoms with Gasteiger partial charge in [0.05, 0.1) is 12.1 Å². The topological polar surface area (TPSA) is 50.4 Å². The first-order valence-corrected chi connectivity index (χ1v) is 7.04. The number of hydrogen-bond donors (Lipinski definition) is 2. The average molecular weight is 262 g/mol. The van der Waals surface area contributed by atoms with Crippen molar-refractivity contribution in [2.24, 2.45) is 0 Å². The van der Waals surface area contributed by atoms with E-state index in [1.807, 2.05) is 12.1 Å². The molecule has 1 atom stereocenters. The second-order valence-corrected chi connectivity index (χ2v) is 4.76. The van der Waals surface area contributed by atoms with E-state index < -0.39 is 0 Å². The highest BCUT2D eigenvalue weighted by Gasteiger charge is 2.19. The molecule has 1 aliphatic rings. The Morgan fingerprint density at radius 2 is 2.26 bits per heavy atom. The summed E-state index contributed by atoms with van der Waals surface area (Å²) in [6.07, 6.45) is 2.17. The molecular formula is C15H22N2O2. The zero-order valence-corrected chi connectivity index (χ0v) is 11.7. The van der Waals surface area contributed by atoms with Gasteiger partial charge in [-0.05, 0) is 30.7 Å². The van der Waals surface area contributed by atoms with Crippen molar-refractivity contribution in [2.45, 2.75) is 32.7 Å². The van der Waals surface area contributed by atoms with Gasteiger partial charge in [-0.1, -0.05) is 26.3 Å². The smallest absolute Gasteiger partial charge is 0.255 e. The Bertz CT molecular complexity index is 440. The number of hydrogen-bond acceptors (Lipinski definition) is 3. The molecule has 2 rings (SSSR count). The fourth-order valence-corrected chi connectivity index (χ4v) is 2.41. The summed E-state index contributed by atoms with van der Waals surface area (Å²) in [6, 6.07) is 6.23. The van der Waals surface area contributed by atoms with Crippen LogP contribution in [0.2, 0.25) is 0 Å². The molecule has 0 bridgehead atoms. The predicted molar refractivity (Wildman–Crippen MR) is 75.6 cm³/mol. The van der Waals surface area contributed by atoms with E-state index in [4.69, 9.17) is 4.74 Å². The summed E-state index contributed by atoms with van der Waals surface area (Å²) in [5.41, 5.74) is 1.80. The molecule has 1 amide bonds. The van der Waals surface area contributed by atoms with Gasteiger partial charge >= 0.3 is 0 Å². The lowest BCUT2D eigenvalue weighted by Crippen LogP contribution is -2.25. The van der Waals surface area contributed by atoms with E-state index in [1.54, 1.807) is 0 Å². The summed E-state index contributed by atoms with van der Waals surface area (Å²) in [7, 11) is 0. The molecule has 2 N–H and O–H groups in total. The van der Waals surface area contributed by atoms with Crippen molar-refractivity contribution in [3.05, 3.63) is 29.3 Å². The molecule has 0 radical (unpaired) electrons. The van der Waals surface area contributed by atoms with Crippen molar-refractivity contribution >= 4 is 5.91 Å². The minimum Gasteiger partial charge on any atom is -0.491 e. The lowest BCUT2D eigenvalue weighted by Gasteiger charge is -2.19. The number of rotatable bonds is 5. The van der Waals surface area contributed by atoms with Crippen molar-refractivity contribution < 1.29 is 9.53 Å². The quantitative estimate of drug-likeness (QED) is 0.855. The fraction of sp³-hybridized carbons (Fsp3) is 0.533. The van der Waals surface area contributed by atoms with E-state index >= 15 is 0 Å². The maximum absolute atomic E-state index is 12.0. The lowest BCUT2D eigenvalue weighted by molar-refractivity contribution is 0.0957. The summed E-state index contributed by atoms with van der Waals surface area (Å²) in [4.78, 5) is 12.0. The second-order valence-electron chi connectivity index (χ2n) is 4.76. The van der Waals surface area contributed by atoms with Crippen LogP contribution in [0.4, 0.5) is 0 Å². The molecule has 0 spiro atoms. The maximum atomic E-state index is 12.0. The third-order valence-corrected chi connectivity index (χ3v) is 3.32. The van der Waals surface area contributed by atoms with Gasteiger partial charge in [0.1, 0.15) is 12.4 Å². The van der Waals surface area contributed by atoms with Crippen LogP contribution in [0.25, 0.3) is 0 Å². The molecule has 19 heavy (non-hydrogen) atoms. The lowest BCUT2D eigenvalue weighted by atomic mass is 9.99. The van der Waals surface area contributed by atoms with Gasteiger partial charge in [0.2, 0.25) is 0 Å². The molecule has 1 aliphatic heterocycles. The first-order valence-electron chi connectivity index (χ1n) is 7.04. The molecule has 0 fully saturated rings. The number of carbonyl (C=O) groups excluding carboxylic acids is 1. The van der Waals surface area contributed by atoms with Crippen LogP contribution in [0.15, 0.2) is 18.2 Å². The van der Waals surface area contributed by atoms with E-state index in [0.29, 0.717) is 30.5 Å². The Kier molecular flexibility index (Phi) is 4.80. The largest absolute Gasteiger partial charge is 0.491 e. The SMILES string of the molecule is CCCC(NCC)c1ccc2c(c1)C(=O)NCCO2. The number of ether oxygens (including phenoxy) is 1. The van der Waals surface area contributed by atoms with Gasteiger partial charge in [0.25, 0.3) is 5.91 Å². The van der Waals surface area contributed by atoms with E-state index in [-0.39, 0.29) is 5.91 Å². The zero-order chi connectivity index (χ0) is 13.7. The molecule has 4 heteroatoms. The Morgan fingerprint density at radius 1 is 1.42 bits per heavy atom. The first kappa shape index (κ1) is 13.9. The predicted octanol–water partition coefficient (Wildman–Crippen LogP) is 2.26. The molecule has 104 valence electrons. The van der Waals surface area contributed by atoms with E-state index in [0.717, 1.165) is 24.9 Å². The first-order chi connectivity index (χ1) is 9.26. The molecule has 0 aromatic heterocycles. The minimum atomic E-state index is -0.0407. The number of amides is 1. The average Bonchev–Trinajstić information content (AvgIpc) is 2.60. The van der Waals surface area contributed by atoms with Crippen LogP contribution in [0.3, 0.4) is 0 Å². The molecular weight excluding hydrogens is 240 g/mol. The van der Waals surface area contributed by atoms with Crippen LogP contribution in [-0.2, 0) is 0 Å². The molecule has 0 saturated carbocycles. The second kappa shape index (κ2) is 6.57. The Hall–Kier alpha value is -1.55. The molecule has 1 aromatic carbocycles. The van der Waals surface area contributed by atoms with Gasteiger partial charge in [-0.25, -0.2) is 0 Å². The Balaban J connectivity index is 2.29. The standard InChI is InChI=1S/C15H22N2O2/c1-3-5-13(16-4-2)11-6-7-14-12(10-11)15(18)17-8-9-19-14/h6-7,10,13,16H,3-5,8-9H2,1-2H3,(H,17,18). The van der Waals surface area contributed by atoms with Crippen LogP contribution in [-0.4, -0.2) is 25.6 Å². The Morgan fingerprint density at radius 3 is 3.00 bits per heavy atom. The van der Waals surface area contributed by atoms with Crippen molar-refractivity contribution in [2.75, 3.05) is 19.7 Å². The van der Waals surface area contributed by atoms with Gasteiger partial charge in [0, 0.05) is 6.04 Å². The molecule has 0 saturated heterocycles. The fourth-order valence-electron chi connectivity index (χ4n) is 2.41. The van der Waals surface area contributed by atoms with Gasteiger partial charge in [-0.3, -0.25) is 4.79 Å². The number of carbonyl (C=O) groups is 1. The summed E-state index contributed by atoms with van der Waals surface area (Å²) in [6.45, 7) is 6.29. The minimum absolute atomic E-state index is 0.0407. The van der Waals surface area contributed by atoms with Crippen LogP contribution in [0.1, 0.15) is 48.7 Å². The van der Waals surface area contributed by atoms with Crippen LogP contribution in [0.5, 0.6) is 5.75 Å². The third-order valence-electron chi connectivity index (χ3n) is 3.32. The monoisotopic (exact) mass is 262 g/mol. The van der Waals surface area contributed by atoms with Gasteiger partial charge in [-0.15, -0.1) is 0 Å². The number of fused-ring (bicyclic) bond motifs is 1. The van der Waals surface area contributed by atoms with Crippen LogP contribution < -0.4 is 15.4 Å². The maximum Gasteiger partial charge on any atom is 0.255 e. The molecule has 1 unspecified atom stereocenters. The molecule has 1 aromatic rings. The van der Waals surface area contributed by atoms with Crippen molar-refractivity contribution in [3.8, 4) is 5.75 Å². The van der Waals surface area contributed by atoms with Crippen molar-refractivity contribution in [1.82, 2.24) is 10.6 Å². The highest BCUT2D eigenvalue weighted by molar-refractivity contribution is 5.97. The van der Waals surface area contributed by atoms with Gasteiger partial charge in [0.15, 0.2) is 0 Å². The summed E-state index contributed by atoms with van der Waals surface area (Å²) >= 11 is 0. The normalized spacial score (nSPS) is 16.0. The number of benzene rings is 1.